The molecule has 0 unspecified atom stereocenters. The first-order valence-electron chi connectivity index (χ1n) is 9.30. The Morgan fingerprint density at radius 1 is 1.32 bits per heavy atom. The van der Waals surface area contributed by atoms with Crippen LogP contribution in [0.3, 0.4) is 0 Å². The lowest BCUT2D eigenvalue weighted by Crippen LogP contribution is -2.38. The number of aliphatic imine (C=N–C) groups is 1. The molecule has 0 fully saturated rings. The Morgan fingerprint density at radius 2 is 2.11 bits per heavy atom. The van der Waals surface area contributed by atoms with E-state index in [0.717, 1.165) is 29.6 Å². The fraction of sp³-hybridized carbons (Fsp3) is 0.450. The van der Waals surface area contributed by atoms with Gasteiger partial charge in [0, 0.05) is 31.0 Å². The Morgan fingerprint density at radius 3 is 2.79 bits per heavy atom. The van der Waals surface area contributed by atoms with Gasteiger partial charge in [0.05, 0.1) is 6.54 Å². The number of para-hydroxylation sites is 1. The molecule has 0 spiro atoms. The van der Waals surface area contributed by atoms with Gasteiger partial charge in [-0.25, -0.2) is 4.99 Å². The minimum Gasteiger partial charge on any atom is -0.489 e. The summed E-state index contributed by atoms with van der Waals surface area (Å²) in [6.45, 7) is 12.2. The van der Waals surface area contributed by atoms with E-state index < -0.39 is 0 Å². The Bertz CT molecular complexity index is 746. The standard InChI is InChI=1S/C20H29N5O2.HI/c1-5-13-26-17-10-8-7-9-16(17)14-23-20(21-6-2)22-12-11-18-24-19(15(3)4)25-27-18;/h5,7-10,15H,1,6,11-14H2,2-4H3,(H2,21,22,23);1H. The molecule has 0 aliphatic heterocycles. The SMILES string of the molecule is C=CCOc1ccccc1CN=C(NCC)NCCc1nc(C(C)C)no1.I. The lowest BCUT2D eigenvalue weighted by molar-refractivity contribution is 0.359. The van der Waals surface area contributed by atoms with Gasteiger partial charge in [-0.3, -0.25) is 0 Å². The number of rotatable bonds is 10. The number of ether oxygens (including phenoxy) is 1. The van der Waals surface area contributed by atoms with Crippen molar-refractivity contribution in [2.24, 2.45) is 4.99 Å². The Balaban J connectivity index is 0.00000392. The molecule has 0 aliphatic rings. The minimum atomic E-state index is 0. The molecule has 28 heavy (non-hydrogen) atoms. The zero-order valence-electron chi connectivity index (χ0n) is 16.8. The second-order valence-electron chi connectivity index (χ2n) is 6.28. The maximum Gasteiger partial charge on any atom is 0.228 e. The number of nitrogens with one attached hydrogen (secondary N) is 2. The second-order valence-corrected chi connectivity index (χ2v) is 6.28. The average Bonchev–Trinajstić information content (AvgIpc) is 3.14. The van der Waals surface area contributed by atoms with Crippen LogP contribution in [0.25, 0.3) is 0 Å². The first-order chi connectivity index (χ1) is 13.1. The fourth-order valence-corrected chi connectivity index (χ4v) is 2.32. The maximum absolute atomic E-state index is 5.68. The van der Waals surface area contributed by atoms with Crippen molar-refractivity contribution in [3.8, 4) is 5.75 Å². The topological polar surface area (TPSA) is 84.6 Å². The molecule has 154 valence electrons. The van der Waals surface area contributed by atoms with Gasteiger partial charge in [0.25, 0.3) is 0 Å². The summed E-state index contributed by atoms with van der Waals surface area (Å²) in [5.74, 6) is 3.19. The van der Waals surface area contributed by atoms with Gasteiger partial charge in [-0.15, -0.1) is 24.0 Å². The number of hydrogen-bond donors (Lipinski definition) is 2. The number of benzene rings is 1. The van der Waals surface area contributed by atoms with Crippen LogP contribution in [0.5, 0.6) is 5.75 Å². The highest BCUT2D eigenvalue weighted by molar-refractivity contribution is 14.0. The van der Waals surface area contributed by atoms with Crippen molar-refractivity contribution in [3.05, 3.63) is 54.2 Å². The van der Waals surface area contributed by atoms with E-state index in [1.807, 2.05) is 45.0 Å². The highest BCUT2D eigenvalue weighted by Gasteiger charge is 2.09. The molecule has 0 bridgehead atoms. The van der Waals surface area contributed by atoms with Crippen LogP contribution in [0, 0.1) is 0 Å². The number of nitrogens with zero attached hydrogens (tertiary/aromatic N) is 3. The monoisotopic (exact) mass is 499 g/mol. The van der Waals surface area contributed by atoms with E-state index in [1.165, 1.54) is 0 Å². The van der Waals surface area contributed by atoms with Gasteiger partial charge < -0.3 is 19.9 Å². The summed E-state index contributed by atoms with van der Waals surface area (Å²) < 4.78 is 10.9. The molecule has 7 nitrogen and oxygen atoms in total. The van der Waals surface area contributed by atoms with Crippen molar-refractivity contribution < 1.29 is 9.26 Å². The van der Waals surface area contributed by atoms with Crippen molar-refractivity contribution in [2.45, 2.75) is 39.7 Å². The highest BCUT2D eigenvalue weighted by Crippen LogP contribution is 2.18. The molecule has 1 aromatic heterocycles. The Labute approximate surface area is 184 Å². The Kier molecular flexibility index (Phi) is 11.2. The summed E-state index contributed by atoms with van der Waals surface area (Å²) in [6.07, 6.45) is 2.37. The zero-order chi connectivity index (χ0) is 19.5. The lowest BCUT2D eigenvalue weighted by Gasteiger charge is -2.12. The van der Waals surface area contributed by atoms with E-state index in [9.17, 15) is 0 Å². The predicted octanol–water partition coefficient (Wildman–Crippen LogP) is 3.67. The third kappa shape index (κ3) is 7.87. The van der Waals surface area contributed by atoms with Gasteiger partial charge in [-0.1, -0.05) is 49.9 Å². The molecule has 0 radical (unpaired) electrons. The molecule has 0 saturated heterocycles. The molecule has 8 heteroatoms. The van der Waals surface area contributed by atoms with Gasteiger partial charge in [0.2, 0.25) is 5.89 Å². The van der Waals surface area contributed by atoms with Crippen LogP contribution >= 0.6 is 24.0 Å². The molecular formula is C20H30IN5O2. The van der Waals surface area contributed by atoms with Crippen molar-refractivity contribution in [1.29, 1.82) is 0 Å². The van der Waals surface area contributed by atoms with Gasteiger partial charge in [-0.05, 0) is 13.0 Å². The fourth-order valence-electron chi connectivity index (χ4n) is 2.32. The molecule has 0 amide bonds. The molecule has 1 aromatic carbocycles. The van der Waals surface area contributed by atoms with Crippen LogP contribution in [0.15, 0.2) is 46.4 Å². The van der Waals surface area contributed by atoms with Crippen LogP contribution in [0.1, 0.15) is 44.0 Å². The molecular weight excluding hydrogens is 469 g/mol. The van der Waals surface area contributed by atoms with E-state index >= 15 is 0 Å². The molecule has 2 aromatic rings. The lowest BCUT2D eigenvalue weighted by atomic mass is 10.2. The number of hydrogen-bond acceptors (Lipinski definition) is 5. The smallest absolute Gasteiger partial charge is 0.228 e. The third-order valence-electron chi connectivity index (χ3n) is 3.71. The van der Waals surface area contributed by atoms with Crippen LogP contribution in [-0.2, 0) is 13.0 Å². The summed E-state index contributed by atoms with van der Waals surface area (Å²) in [7, 11) is 0. The van der Waals surface area contributed by atoms with Crippen molar-refractivity contribution in [1.82, 2.24) is 20.8 Å². The van der Waals surface area contributed by atoms with Crippen LogP contribution < -0.4 is 15.4 Å². The first-order valence-corrected chi connectivity index (χ1v) is 9.30. The van der Waals surface area contributed by atoms with Gasteiger partial charge >= 0.3 is 0 Å². The molecule has 0 atom stereocenters. The summed E-state index contributed by atoms with van der Waals surface area (Å²) >= 11 is 0. The summed E-state index contributed by atoms with van der Waals surface area (Å²) in [5, 5.41) is 10.5. The molecule has 1 heterocycles. The first kappa shape index (κ1) is 23.9. The van der Waals surface area contributed by atoms with E-state index in [2.05, 4.69) is 32.3 Å². The van der Waals surface area contributed by atoms with Crippen molar-refractivity contribution in [3.63, 3.8) is 0 Å². The molecule has 0 saturated carbocycles. The van der Waals surface area contributed by atoms with Crippen LogP contribution in [0.2, 0.25) is 0 Å². The van der Waals surface area contributed by atoms with E-state index in [-0.39, 0.29) is 29.9 Å². The molecule has 0 aliphatic carbocycles. The summed E-state index contributed by atoms with van der Waals surface area (Å²) in [4.78, 5) is 9.02. The largest absolute Gasteiger partial charge is 0.489 e. The quantitative estimate of drug-likeness (QED) is 0.225. The molecule has 2 rings (SSSR count). The third-order valence-corrected chi connectivity index (χ3v) is 3.71. The normalized spacial score (nSPS) is 11.1. The van der Waals surface area contributed by atoms with Gasteiger partial charge in [0.15, 0.2) is 11.8 Å². The van der Waals surface area contributed by atoms with Crippen molar-refractivity contribution >= 4 is 29.9 Å². The number of aromatic nitrogens is 2. The maximum atomic E-state index is 5.68. The highest BCUT2D eigenvalue weighted by atomic mass is 127. The van der Waals surface area contributed by atoms with E-state index in [4.69, 9.17) is 9.26 Å². The summed E-state index contributed by atoms with van der Waals surface area (Å²) in [5.41, 5.74) is 1.02. The van der Waals surface area contributed by atoms with Crippen LogP contribution in [-0.4, -0.2) is 35.8 Å². The average molecular weight is 499 g/mol. The van der Waals surface area contributed by atoms with E-state index in [0.29, 0.717) is 32.0 Å². The minimum absolute atomic E-state index is 0. The van der Waals surface area contributed by atoms with Gasteiger partial charge in [-0.2, -0.15) is 4.98 Å². The van der Waals surface area contributed by atoms with Crippen LogP contribution in [0.4, 0.5) is 0 Å². The molecule has 2 N–H and O–H groups in total. The van der Waals surface area contributed by atoms with Crippen molar-refractivity contribution in [2.75, 3.05) is 19.7 Å². The summed E-state index contributed by atoms with van der Waals surface area (Å²) in [6, 6.07) is 7.88. The second kappa shape index (κ2) is 13.1. The zero-order valence-corrected chi connectivity index (χ0v) is 19.1. The van der Waals surface area contributed by atoms with E-state index in [1.54, 1.807) is 6.08 Å². The predicted molar refractivity (Wildman–Crippen MR) is 122 cm³/mol. The number of guanidine groups is 1. The Hall–Kier alpha value is -2.10. The number of halogens is 1. The van der Waals surface area contributed by atoms with Gasteiger partial charge in [0.1, 0.15) is 12.4 Å².